The zero-order valence-corrected chi connectivity index (χ0v) is 13.6. The Morgan fingerprint density at radius 3 is 2.62 bits per heavy atom. The second-order valence-electron chi connectivity index (χ2n) is 4.84. The minimum Gasteiger partial charge on any atom is -0.326 e. The van der Waals surface area contributed by atoms with E-state index in [1.165, 1.54) is 0 Å². The van der Waals surface area contributed by atoms with Crippen molar-refractivity contribution >= 4 is 27.5 Å². The quantitative estimate of drug-likeness (QED) is 0.836. The molecule has 0 fully saturated rings. The van der Waals surface area contributed by atoms with Crippen LogP contribution in [-0.2, 0) is 17.8 Å². The molecule has 0 aliphatic heterocycles. The highest BCUT2D eigenvalue weighted by molar-refractivity contribution is 9.10. The van der Waals surface area contributed by atoms with E-state index in [1.54, 1.807) is 0 Å². The third-order valence-electron chi connectivity index (χ3n) is 3.04. The van der Waals surface area contributed by atoms with Gasteiger partial charge >= 0.3 is 0 Å². The highest BCUT2D eigenvalue weighted by Gasteiger charge is 2.05. The first kappa shape index (κ1) is 15.7. The highest BCUT2D eigenvalue weighted by Crippen LogP contribution is 2.14. The molecule has 2 rings (SSSR count). The van der Waals surface area contributed by atoms with E-state index in [2.05, 4.69) is 33.5 Å². The summed E-state index contributed by atoms with van der Waals surface area (Å²) in [6.07, 6.45) is 0.372. The summed E-state index contributed by atoms with van der Waals surface area (Å²) in [7, 11) is 0. The predicted molar refractivity (Wildman–Crippen MR) is 90.3 cm³/mol. The molecular formula is C17H19BrN2O. The van der Waals surface area contributed by atoms with Crippen molar-refractivity contribution in [3.05, 3.63) is 64.1 Å². The molecule has 110 valence electrons. The Balaban J connectivity index is 1.96. The van der Waals surface area contributed by atoms with Crippen molar-refractivity contribution in [2.45, 2.75) is 19.9 Å². The molecule has 2 aromatic rings. The molecule has 0 radical (unpaired) electrons. The summed E-state index contributed by atoms with van der Waals surface area (Å²) in [4.78, 5) is 12.1. The second kappa shape index (κ2) is 7.96. The molecule has 3 nitrogen and oxygen atoms in total. The minimum absolute atomic E-state index is 0.00583. The van der Waals surface area contributed by atoms with Crippen molar-refractivity contribution in [1.82, 2.24) is 5.32 Å². The first-order chi connectivity index (χ1) is 10.2. The Morgan fingerprint density at radius 1 is 1.10 bits per heavy atom. The van der Waals surface area contributed by atoms with E-state index in [0.717, 1.165) is 34.4 Å². The fourth-order valence-corrected chi connectivity index (χ4v) is 2.51. The van der Waals surface area contributed by atoms with Crippen LogP contribution >= 0.6 is 15.9 Å². The first-order valence-corrected chi connectivity index (χ1v) is 7.80. The Kier molecular flexibility index (Phi) is 5.96. The molecule has 0 heterocycles. The van der Waals surface area contributed by atoms with Crippen LogP contribution in [0, 0.1) is 0 Å². The lowest BCUT2D eigenvalue weighted by atomic mass is 10.1. The number of nitrogens with one attached hydrogen (secondary N) is 2. The van der Waals surface area contributed by atoms with Gasteiger partial charge in [-0.2, -0.15) is 0 Å². The maximum Gasteiger partial charge on any atom is 0.228 e. The van der Waals surface area contributed by atoms with Crippen LogP contribution in [0.3, 0.4) is 0 Å². The smallest absolute Gasteiger partial charge is 0.228 e. The van der Waals surface area contributed by atoms with Crippen molar-refractivity contribution in [1.29, 1.82) is 0 Å². The highest BCUT2D eigenvalue weighted by atomic mass is 79.9. The van der Waals surface area contributed by atoms with Crippen LogP contribution < -0.4 is 10.6 Å². The van der Waals surface area contributed by atoms with Crippen LogP contribution in [0.4, 0.5) is 5.69 Å². The van der Waals surface area contributed by atoms with Gasteiger partial charge in [0.05, 0.1) is 6.42 Å². The van der Waals surface area contributed by atoms with Gasteiger partial charge in [-0.15, -0.1) is 0 Å². The van der Waals surface area contributed by atoms with Crippen LogP contribution in [0.25, 0.3) is 0 Å². The minimum atomic E-state index is -0.00583. The first-order valence-electron chi connectivity index (χ1n) is 7.01. The number of halogens is 1. The molecule has 4 heteroatoms. The maximum atomic E-state index is 12.1. The van der Waals surface area contributed by atoms with Gasteiger partial charge in [-0.1, -0.05) is 47.1 Å². The second-order valence-corrected chi connectivity index (χ2v) is 5.75. The van der Waals surface area contributed by atoms with Crippen molar-refractivity contribution in [3.8, 4) is 0 Å². The maximum absolute atomic E-state index is 12.1. The molecule has 1 amide bonds. The van der Waals surface area contributed by atoms with Gasteiger partial charge in [-0.25, -0.2) is 0 Å². The van der Waals surface area contributed by atoms with Crippen LogP contribution in [0.1, 0.15) is 18.1 Å². The van der Waals surface area contributed by atoms with E-state index in [9.17, 15) is 4.79 Å². The summed E-state index contributed by atoms with van der Waals surface area (Å²) in [5, 5.41) is 6.22. The zero-order valence-electron chi connectivity index (χ0n) is 12.0. The summed E-state index contributed by atoms with van der Waals surface area (Å²) in [5.41, 5.74) is 2.99. The summed E-state index contributed by atoms with van der Waals surface area (Å²) in [5.74, 6) is -0.00583. The normalized spacial score (nSPS) is 10.4. The van der Waals surface area contributed by atoms with Gasteiger partial charge in [0.1, 0.15) is 0 Å². The van der Waals surface area contributed by atoms with Gasteiger partial charge < -0.3 is 10.6 Å². The van der Waals surface area contributed by atoms with E-state index >= 15 is 0 Å². The van der Waals surface area contributed by atoms with Gasteiger partial charge in [0.25, 0.3) is 0 Å². The monoisotopic (exact) mass is 346 g/mol. The Labute approximate surface area is 133 Å². The third-order valence-corrected chi connectivity index (χ3v) is 3.54. The summed E-state index contributed by atoms with van der Waals surface area (Å²) >= 11 is 3.41. The number of benzene rings is 2. The molecule has 0 spiro atoms. The fourth-order valence-electron chi connectivity index (χ4n) is 2.07. The van der Waals surface area contributed by atoms with E-state index in [1.807, 2.05) is 48.5 Å². The lowest BCUT2D eigenvalue weighted by Gasteiger charge is -2.08. The molecule has 0 aliphatic rings. The number of carbonyl (C=O) groups excluding carboxylic acids is 1. The predicted octanol–water partition coefficient (Wildman–Crippen LogP) is 3.74. The Bertz CT molecular complexity index is 613. The summed E-state index contributed by atoms with van der Waals surface area (Å²) in [6.45, 7) is 3.81. The Morgan fingerprint density at radius 2 is 1.86 bits per heavy atom. The van der Waals surface area contributed by atoms with Crippen molar-refractivity contribution < 1.29 is 4.79 Å². The van der Waals surface area contributed by atoms with Crippen LogP contribution in [0.5, 0.6) is 0 Å². The zero-order chi connectivity index (χ0) is 15.1. The topological polar surface area (TPSA) is 41.1 Å². The molecule has 0 aromatic heterocycles. The largest absolute Gasteiger partial charge is 0.326 e. The van der Waals surface area contributed by atoms with E-state index < -0.39 is 0 Å². The average Bonchev–Trinajstić information content (AvgIpc) is 2.45. The number of amides is 1. The van der Waals surface area contributed by atoms with E-state index in [4.69, 9.17) is 0 Å². The van der Waals surface area contributed by atoms with Gasteiger partial charge in [-0.05, 0) is 41.9 Å². The summed E-state index contributed by atoms with van der Waals surface area (Å²) < 4.78 is 0.987. The number of hydrogen-bond donors (Lipinski definition) is 2. The van der Waals surface area contributed by atoms with Crippen LogP contribution in [-0.4, -0.2) is 12.5 Å². The molecule has 0 bridgehead atoms. The molecule has 0 saturated carbocycles. The van der Waals surface area contributed by atoms with Crippen LogP contribution in [0.15, 0.2) is 53.0 Å². The molecule has 2 N–H and O–H groups in total. The van der Waals surface area contributed by atoms with Gasteiger partial charge in [0.15, 0.2) is 0 Å². The number of hydrogen-bond acceptors (Lipinski definition) is 2. The summed E-state index contributed by atoms with van der Waals surface area (Å²) in [6, 6.07) is 15.7. The van der Waals surface area contributed by atoms with E-state index in [0.29, 0.717) is 6.42 Å². The molecule has 0 saturated heterocycles. The number of carbonyl (C=O) groups is 1. The molecule has 2 aromatic carbocycles. The molecule has 0 atom stereocenters. The van der Waals surface area contributed by atoms with E-state index in [-0.39, 0.29) is 5.91 Å². The van der Waals surface area contributed by atoms with Crippen molar-refractivity contribution in [3.63, 3.8) is 0 Å². The lowest BCUT2D eigenvalue weighted by molar-refractivity contribution is -0.115. The molecule has 21 heavy (non-hydrogen) atoms. The van der Waals surface area contributed by atoms with Crippen molar-refractivity contribution in [2.24, 2.45) is 0 Å². The number of anilines is 1. The van der Waals surface area contributed by atoms with Gasteiger partial charge in [0.2, 0.25) is 5.91 Å². The Hall–Kier alpha value is -1.65. The lowest BCUT2D eigenvalue weighted by Crippen LogP contribution is -2.15. The van der Waals surface area contributed by atoms with Crippen molar-refractivity contribution in [2.75, 3.05) is 11.9 Å². The molecule has 0 aliphatic carbocycles. The van der Waals surface area contributed by atoms with Gasteiger partial charge in [-0.3, -0.25) is 4.79 Å². The standard InChI is InChI=1S/C17H19BrN2O/c1-2-19-12-14-6-4-8-16(10-14)20-17(21)11-13-5-3-7-15(18)9-13/h3-10,19H,2,11-12H2,1H3,(H,20,21). The van der Waals surface area contributed by atoms with Gasteiger partial charge in [0, 0.05) is 16.7 Å². The SMILES string of the molecule is CCNCc1cccc(NC(=O)Cc2cccc(Br)c2)c1. The third kappa shape index (κ3) is 5.33. The molecular weight excluding hydrogens is 328 g/mol. The van der Waals surface area contributed by atoms with Crippen LogP contribution in [0.2, 0.25) is 0 Å². The number of rotatable bonds is 6. The molecule has 0 unspecified atom stereocenters. The average molecular weight is 347 g/mol. The fraction of sp³-hybridized carbons (Fsp3) is 0.235.